The van der Waals surface area contributed by atoms with Gasteiger partial charge in [-0.3, -0.25) is 9.69 Å². The molecule has 1 amide bonds. The Kier molecular flexibility index (Phi) is 7.06. The molecule has 1 saturated heterocycles. The molecule has 1 fully saturated rings. The van der Waals surface area contributed by atoms with Crippen molar-refractivity contribution in [2.45, 2.75) is 19.4 Å². The molecule has 0 unspecified atom stereocenters. The molecule has 150 valence electrons. The molecule has 1 aliphatic rings. The zero-order valence-corrected chi connectivity index (χ0v) is 17.1. The van der Waals surface area contributed by atoms with Gasteiger partial charge in [0, 0.05) is 44.3 Å². The molecule has 2 aromatic carbocycles. The molecule has 2 aromatic rings. The normalized spacial score (nSPS) is 18.0. The molecular weight excluding hydrogens is 350 g/mol. The Bertz CT molecular complexity index is 779. The quantitative estimate of drug-likeness (QED) is 0.749. The van der Waals surface area contributed by atoms with Crippen molar-refractivity contribution in [2.24, 2.45) is 0 Å². The van der Waals surface area contributed by atoms with Crippen molar-refractivity contribution in [3.63, 3.8) is 0 Å². The fourth-order valence-electron chi connectivity index (χ4n) is 3.76. The van der Waals surface area contributed by atoms with Crippen LogP contribution in [0.1, 0.15) is 33.9 Å². The maximum atomic E-state index is 12.4. The highest BCUT2D eigenvalue weighted by Crippen LogP contribution is 2.24. The third kappa shape index (κ3) is 5.12. The first kappa shape index (κ1) is 20.4. The lowest BCUT2D eigenvalue weighted by Crippen LogP contribution is -2.47. The first-order valence-electron chi connectivity index (χ1n) is 9.99. The largest absolute Gasteiger partial charge is 0.496 e. The summed E-state index contributed by atoms with van der Waals surface area (Å²) in [6.45, 7) is 6.80. The highest BCUT2D eigenvalue weighted by atomic mass is 16.5. The van der Waals surface area contributed by atoms with Gasteiger partial charge in [0.1, 0.15) is 5.75 Å². The molecule has 5 nitrogen and oxygen atoms in total. The number of carbonyl (C=O) groups is 1. The van der Waals surface area contributed by atoms with Crippen LogP contribution >= 0.6 is 0 Å². The monoisotopic (exact) mass is 381 g/mol. The molecule has 0 spiro atoms. The Hall–Kier alpha value is -2.37. The molecule has 1 N–H and O–H groups in total. The minimum absolute atomic E-state index is 0.0451. The van der Waals surface area contributed by atoms with Gasteiger partial charge in [0.25, 0.3) is 5.91 Å². The molecule has 0 radical (unpaired) electrons. The van der Waals surface area contributed by atoms with Crippen LogP contribution in [0.15, 0.2) is 48.5 Å². The maximum absolute atomic E-state index is 12.4. The van der Waals surface area contributed by atoms with Gasteiger partial charge in [0.2, 0.25) is 0 Å². The van der Waals surface area contributed by atoms with E-state index in [1.165, 1.54) is 5.56 Å². The van der Waals surface area contributed by atoms with Crippen molar-refractivity contribution in [1.82, 2.24) is 15.1 Å². The lowest BCUT2D eigenvalue weighted by atomic mass is 10.0. The Morgan fingerprint density at radius 2 is 1.96 bits per heavy atom. The molecule has 0 aliphatic carbocycles. The van der Waals surface area contributed by atoms with Crippen LogP contribution in [0.4, 0.5) is 0 Å². The number of rotatable bonds is 7. The van der Waals surface area contributed by atoms with E-state index in [0.29, 0.717) is 18.2 Å². The van der Waals surface area contributed by atoms with Crippen molar-refractivity contribution in [3.8, 4) is 5.75 Å². The molecule has 0 bridgehead atoms. The van der Waals surface area contributed by atoms with Crippen molar-refractivity contribution in [3.05, 3.63) is 65.2 Å². The molecule has 28 heavy (non-hydrogen) atoms. The number of carbonyl (C=O) groups excluding carboxylic acids is 1. The van der Waals surface area contributed by atoms with Gasteiger partial charge < -0.3 is 15.0 Å². The van der Waals surface area contributed by atoms with Gasteiger partial charge in [0.05, 0.1) is 7.11 Å². The molecule has 5 heteroatoms. The smallest absolute Gasteiger partial charge is 0.251 e. The Balaban J connectivity index is 1.51. The van der Waals surface area contributed by atoms with Crippen LogP contribution in [-0.2, 0) is 0 Å². The summed E-state index contributed by atoms with van der Waals surface area (Å²) in [4.78, 5) is 17.3. The van der Waals surface area contributed by atoms with Gasteiger partial charge >= 0.3 is 0 Å². The minimum atomic E-state index is -0.0451. The van der Waals surface area contributed by atoms with Crippen LogP contribution in [0.3, 0.4) is 0 Å². The minimum Gasteiger partial charge on any atom is -0.496 e. The second kappa shape index (κ2) is 9.71. The predicted octanol–water partition coefficient (Wildman–Crippen LogP) is 3.11. The van der Waals surface area contributed by atoms with Gasteiger partial charge in [-0.2, -0.15) is 0 Å². The van der Waals surface area contributed by atoms with E-state index in [9.17, 15) is 4.79 Å². The predicted molar refractivity (Wildman–Crippen MR) is 113 cm³/mol. The van der Waals surface area contributed by atoms with Crippen LogP contribution < -0.4 is 10.1 Å². The van der Waals surface area contributed by atoms with E-state index in [1.54, 1.807) is 13.2 Å². The number of piperazine rings is 1. The second-order valence-electron chi connectivity index (χ2n) is 7.52. The average molecular weight is 382 g/mol. The van der Waals surface area contributed by atoms with Crippen LogP contribution in [0.5, 0.6) is 5.75 Å². The fraction of sp³-hybridized carbons (Fsp3) is 0.435. The lowest BCUT2D eigenvalue weighted by molar-refractivity contribution is 0.0865. The number of hydrogen-bond donors (Lipinski definition) is 1. The molecule has 0 aromatic heterocycles. The van der Waals surface area contributed by atoms with E-state index < -0.39 is 0 Å². The van der Waals surface area contributed by atoms with E-state index in [2.05, 4.69) is 52.5 Å². The first-order valence-corrected chi connectivity index (χ1v) is 9.99. The van der Waals surface area contributed by atoms with Crippen LogP contribution in [0.25, 0.3) is 0 Å². The van der Waals surface area contributed by atoms with Crippen molar-refractivity contribution < 1.29 is 9.53 Å². The molecule has 1 atom stereocenters. The highest BCUT2D eigenvalue weighted by Gasteiger charge is 2.25. The number of nitrogens with one attached hydrogen (secondary N) is 1. The molecule has 0 saturated carbocycles. The molecule has 1 aliphatic heterocycles. The summed E-state index contributed by atoms with van der Waals surface area (Å²) in [6.07, 6.45) is 0.932. The van der Waals surface area contributed by atoms with E-state index in [-0.39, 0.29) is 5.91 Å². The standard InChI is InChI=1S/C23H31N3O2/c1-18-10-11-20(16-22(18)28-3)23(27)24-12-7-13-26-15-14-25(2)17-21(26)19-8-5-4-6-9-19/h4-6,8-11,16,21H,7,12-15,17H2,1-3H3,(H,24,27)/t21-/m1/s1. The summed E-state index contributed by atoms with van der Waals surface area (Å²) in [5.41, 5.74) is 3.04. The van der Waals surface area contributed by atoms with E-state index in [4.69, 9.17) is 4.74 Å². The third-order valence-corrected chi connectivity index (χ3v) is 5.46. The summed E-state index contributed by atoms with van der Waals surface area (Å²) in [6, 6.07) is 16.7. The number of benzene rings is 2. The summed E-state index contributed by atoms with van der Waals surface area (Å²) >= 11 is 0. The van der Waals surface area contributed by atoms with Crippen LogP contribution in [0, 0.1) is 6.92 Å². The maximum Gasteiger partial charge on any atom is 0.251 e. The fourth-order valence-corrected chi connectivity index (χ4v) is 3.76. The van der Waals surface area contributed by atoms with Crippen molar-refractivity contribution in [2.75, 3.05) is 46.9 Å². The first-order chi connectivity index (χ1) is 13.6. The van der Waals surface area contributed by atoms with Gasteiger partial charge in [-0.25, -0.2) is 0 Å². The number of hydrogen-bond acceptors (Lipinski definition) is 4. The van der Waals surface area contributed by atoms with E-state index in [0.717, 1.165) is 43.9 Å². The lowest BCUT2D eigenvalue weighted by Gasteiger charge is -2.40. The average Bonchev–Trinajstić information content (AvgIpc) is 2.72. The van der Waals surface area contributed by atoms with Crippen molar-refractivity contribution >= 4 is 5.91 Å². The Morgan fingerprint density at radius 3 is 2.71 bits per heavy atom. The third-order valence-electron chi connectivity index (χ3n) is 5.46. The number of nitrogens with zero attached hydrogens (tertiary/aromatic N) is 2. The summed E-state index contributed by atoms with van der Waals surface area (Å²) in [7, 11) is 3.81. The SMILES string of the molecule is COc1cc(C(=O)NCCCN2CCN(C)C[C@@H]2c2ccccc2)ccc1C. The van der Waals surface area contributed by atoms with Gasteiger partial charge in [-0.15, -0.1) is 0 Å². The summed E-state index contributed by atoms with van der Waals surface area (Å²) in [5.74, 6) is 0.701. The topological polar surface area (TPSA) is 44.8 Å². The van der Waals surface area contributed by atoms with Gasteiger partial charge in [-0.1, -0.05) is 36.4 Å². The molecular formula is C23H31N3O2. The molecule has 3 rings (SSSR count). The number of likely N-dealkylation sites (N-methyl/N-ethyl adjacent to an activating group) is 1. The number of ether oxygens (including phenoxy) is 1. The van der Waals surface area contributed by atoms with E-state index in [1.807, 2.05) is 19.1 Å². The second-order valence-corrected chi connectivity index (χ2v) is 7.52. The van der Waals surface area contributed by atoms with E-state index >= 15 is 0 Å². The zero-order chi connectivity index (χ0) is 19.9. The van der Waals surface area contributed by atoms with Gasteiger partial charge in [-0.05, 0) is 43.7 Å². The number of amides is 1. The Morgan fingerprint density at radius 1 is 1.18 bits per heavy atom. The summed E-state index contributed by atoms with van der Waals surface area (Å²) in [5, 5.41) is 3.04. The number of aryl methyl sites for hydroxylation is 1. The van der Waals surface area contributed by atoms with Gasteiger partial charge in [0.15, 0.2) is 0 Å². The Labute approximate surface area is 168 Å². The molecule has 1 heterocycles. The van der Waals surface area contributed by atoms with Crippen molar-refractivity contribution in [1.29, 1.82) is 0 Å². The zero-order valence-electron chi connectivity index (χ0n) is 17.1. The number of methoxy groups -OCH3 is 1. The van der Waals surface area contributed by atoms with Crippen LogP contribution in [0.2, 0.25) is 0 Å². The van der Waals surface area contributed by atoms with Crippen LogP contribution in [-0.4, -0.2) is 62.6 Å². The highest BCUT2D eigenvalue weighted by molar-refractivity contribution is 5.94. The summed E-state index contributed by atoms with van der Waals surface area (Å²) < 4.78 is 5.31.